The van der Waals surface area contributed by atoms with Gasteiger partial charge in [-0.15, -0.1) is 0 Å². The summed E-state index contributed by atoms with van der Waals surface area (Å²) >= 11 is 0. The zero-order chi connectivity index (χ0) is 13.2. The highest BCUT2D eigenvalue weighted by Gasteiger charge is 2.20. The van der Waals surface area contributed by atoms with E-state index in [1.54, 1.807) is 6.07 Å². The van der Waals surface area contributed by atoms with Crippen molar-refractivity contribution in [2.75, 3.05) is 11.9 Å². The molecule has 0 saturated heterocycles. The predicted molar refractivity (Wildman–Crippen MR) is 71.0 cm³/mol. The quantitative estimate of drug-likeness (QED) is 0.811. The molecule has 2 N–H and O–H groups in total. The van der Waals surface area contributed by atoms with Crippen molar-refractivity contribution in [2.24, 2.45) is 0 Å². The number of nitrogens with one attached hydrogen (secondary N) is 1. The van der Waals surface area contributed by atoms with Crippen molar-refractivity contribution in [2.45, 2.75) is 12.5 Å². The summed E-state index contributed by atoms with van der Waals surface area (Å²) in [4.78, 5) is 0. The second-order valence-electron chi connectivity index (χ2n) is 4.54. The molecule has 19 heavy (non-hydrogen) atoms. The topological polar surface area (TPSA) is 41.5 Å². The molecule has 3 nitrogen and oxygen atoms in total. The SMILES string of the molecule is Oc1ccc(NC2CCOc3ccccc32)cc1F. The third-order valence-corrected chi connectivity index (χ3v) is 3.25. The first-order valence-corrected chi connectivity index (χ1v) is 6.21. The summed E-state index contributed by atoms with van der Waals surface area (Å²) in [6, 6.07) is 12.2. The van der Waals surface area contributed by atoms with Gasteiger partial charge in [-0.1, -0.05) is 18.2 Å². The van der Waals surface area contributed by atoms with Crippen LogP contribution >= 0.6 is 0 Å². The minimum atomic E-state index is -0.620. The molecule has 3 rings (SSSR count). The van der Waals surface area contributed by atoms with Gasteiger partial charge in [0.2, 0.25) is 0 Å². The lowest BCUT2D eigenvalue weighted by atomic mass is 10.0. The molecule has 0 aromatic heterocycles. The molecule has 0 saturated carbocycles. The Morgan fingerprint density at radius 1 is 1.21 bits per heavy atom. The van der Waals surface area contributed by atoms with Crippen LogP contribution in [0.3, 0.4) is 0 Å². The van der Waals surface area contributed by atoms with Gasteiger partial charge in [0.25, 0.3) is 0 Å². The maximum atomic E-state index is 13.3. The van der Waals surface area contributed by atoms with Gasteiger partial charge in [0.05, 0.1) is 12.6 Å². The number of hydrogen-bond donors (Lipinski definition) is 2. The van der Waals surface area contributed by atoms with Gasteiger partial charge in [-0.05, 0) is 18.2 Å². The number of benzene rings is 2. The monoisotopic (exact) mass is 259 g/mol. The van der Waals surface area contributed by atoms with Crippen LogP contribution < -0.4 is 10.1 Å². The molecule has 0 fully saturated rings. The Hall–Kier alpha value is -2.23. The van der Waals surface area contributed by atoms with Gasteiger partial charge in [-0.3, -0.25) is 0 Å². The highest BCUT2D eigenvalue weighted by Crippen LogP contribution is 2.34. The number of hydrogen-bond acceptors (Lipinski definition) is 3. The Labute approximate surface area is 110 Å². The van der Waals surface area contributed by atoms with Crippen molar-refractivity contribution in [3.63, 3.8) is 0 Å². The maximum Gasteiger partial charge on any atom is 0.166 e. The number of para-hydroxylation sites is 1. The second kappa shape index (κ2) is 4.80. The largest absolute Gasteiger partial charge is 0.505 e. The molecule has 0 aliphatic carbocycles. The van der Waals surface area contributed by atoms with Gasteiger partial charge in [-0.2, -0.15) is 0 Å². The number of aromatic hydroxyl groups is 1. The van der Waals surface area contributed by atoms with Gasteiger partial charge < -0.3 is 15.2 Å². The summed E-state index contributed by atoms with van der Waals surface area (Å²) in [6.45, 7) is 0.634. The molecular weight excluding hydrogens is 245 g/mol. The molecule has 1 aliphatic heterocycles. The Morgan fingerprint density at radius 2 is 2.05 bits per heavy atom. The van der Waals surface area contributed by atoms with E-state index in [1.165, 1.54) is 12.1 Å². The molecular formula is C15H14FNO2. The fourth-order valence-electron chi connectivity index (χ4n) is 2.29. The fourth-order valence-corrected chi connectivity index (χ4v) is 2.29. The summed E-state index contributed by atoms with van der Waals surface area (Å²) < 4.78 is 18.9. The molecule has 0 spiro atoms. The Balaban J connectivity index is 1.86. The van der Waals surface area contributed by atoms with Gasteiger partial charge in [0.1, 0.15) is 5.75 Å². The van der Waals surface area contributed by atoms with Crippen LogP contribution in [0.15, 0.2) is 42.5 Å². The van der Waals surface area contributed by atoms with E-state index in [0.29, 0.717) is 12.3 Å². The Kier molecular flexibility index (Phi) is 2.99. The van der Waals surface area contributed by atoms with Gasteiger partial charge in [0, 0.05) is 23.7 Å². The average Bonchev–Trinajstić information content (AvgIpc) is 2.43. The van der Waals surface area contributed by atoms with Crippen molar-refractivity contribution in [3.05, 3.63) is 53.8 Å². The summed E-state index contributed by atoms with van der Waals surface area (Å²) in [5.41, 5.74) is 1.72. The van der Waals surface area contributed by atoms with Crippen LogP contribution in [0.5, 0.6) is 11.5 Å². The number of phenolic OH excluding ortho intramolecular Hbond substituents is 1. The van der Waals surface area contributed by atoms with Crippen LogP contribution in [0.4, 0.5) is 10.1 Å². The van der Waals surface area contributed by atoms with Crippen LogP contribution in [0.25, 0.3) is 0 Å². The fraction of sp³-hybridized carbons (Fsp3) is 0.200. The van der Waals surface area contributed by atoms with Crippen LogP contribution in [0.1, 0.15) is 18.0 Å². The zero-order valence-electron chi connectivity index (χ0n) is 10.3. The molecule has 2 aromatic carbocycles. The molecule has 1 heterocycles. The van der Waals surface area contributed by atoms with Crippen molar-refractivity contribution >= 4 is 5.69 Å². The second-order valence-corrected chi connectivity index (χ2v) is 4.54. The molecule has 98 valence electrons. The standard InChI is InChI=1S/C15H14FNO2/c16-12-9-10(5-6-14(12)18)17-13-7-8-19-15-4-2-1-3-11(13)15/h1-6,9,13,17-18H,7-8H2. The van der Waals surface area contributed by atoms with Crippen molar-refractivity contribution in [3.8, 4) is 11.5 Å². The van der Waals surface area contributed by atoms with E-state index in [1.807, 2.05) is 24.3 Å². The summed E-state index contributed by atoms with van der Waals surface area (Å²) in [5, 5.41) is 12.5. The third kappa shape index (κ3) is 2.34. The van der Waals surface area contributed by atoms with Gasteiger partial charge >= 0.3 is 0 Å². The summed E-state index contributed by atoms with van der Waals surface area (Å²) in [7, 11) is 0. The molecule has 0 bridgehead atoms. The molecule has 0 amide bonds. The minimum absolute atomic E-state index is 0.0916. The molecule has 0 radical (unpaired) electrons. The van der Waals surface area contributed by atoms with Crippen molar-refractivity contribution in [1.82, 2.24) is 0 Å². The van der Waals surface area contributed by atoms with Crippen molar-refractivity contribution < 1.29 is 14.2 Å². The Bertz CT molecular complexity index is 600. The maximum absolute atomic E-state index is 13.3. The minimum Gasteiger partial charge on any atom is -0.505 e. The molecule has 4 heteroatoms. The lowest BCUT2D eigenvalue weighted by Crippen LogP contribution is -2.20. The number of halogens is 1. The van der Waals surface area contributed by atoms with Crippen LogP contribution in [-0.2, 0) is 0 Å². The van der Waals surface area contributed by atoms with Crippen LogP contribution in [0, 0.1) is 5.82 Å². The third-order valence-electron chi connectivity index (χ3n) is 3.25. The number of ether oxygens (including phenoxy) is 1. The zero-order valence-corrected chi connectivity index (χ0v) is 10.3. The normalized spacial score (nSPS) is 17.4. The van der Waals surface area contributed by atoms with Crippen LogP contribution in [-0.4, -0.2) is 11.7 Å². The molecule has 1 unspecified atom stereocenters. The smallest absolute Gasteiger partial charge is 0.166 e. The first kappa shape index (κ1) is 11.8. The van der Waals surface area contributed by atoms with E-state index in [4.69, 9.17) is 4.74 Å². The van der Waals surface area contributed by atoms with E-state index in [-0.39, 0.29) is 11.8 Å². The van der Waals surface area contributed by atoms with E-state index in [9.17, 15) is 9.50 Å². The molecule has 1 atom stereocenters. The first-order chi connectivity index (χ1) is 9.24. The van der Waals surface area contributed by atoms with E-state index in [0.717, 1.165) is 17.7 Å². The summed E-state index contributed by atoms with van der Waals surface area (Å²) in [5.74, 6) is -0.0891. The molecule has 1 aliphatic rings. The lowest BCUT2D eigenvalue weighted by Gasteiger charge is -2.27. The van der Waals surface area contributed by atoms with Crippen molar-refractivity contribution in [1.29, 1.82) is 0 Å². The van der Waals surface area contributed by atoms with Crippen LogP contribution in [0.2, 0.25) is 0 Å². The van der Waals surface area contributed by atoms with Gasteiger partial charge in [-0.25, -0.2) is 4.39 Å². The Morgan fingerprint density at radius 3 is 2.89 bits per heavy atom. The average molecular weight is 259 g/mol. The van der Waals surface area contributed by atoms with E-state index >= 15 is 0 Å². The number of phenols is 1. The lowest BCUT2D eigenvalue weighted by molar-refractivity contribution is 0.274. The van der Waals surface area contributed by atoms with E-state index < -0.39 is 5.82 Å². The predicted octanol–water partition coefficient (Wildman–Crippen LogP) is 3.47. The van der Waals surface area contributed by atoms with Gasteiger partial charge in [0.15, 0.2) is 11.6 Å². The number of anilines is 1. The van der Waals surface area contributed by atoms with E-state index in [2.05, 4.69) is 5.32 Å². The molecule has 2 aromatic rings. The first-order valence-electron chi connectivity index (χ1n) is 6.21. The number of fused-ring (bicyclic) bond motifs is 1. The highest BCUT2D eigenvalue weighted by atomic mass is 19.1. The highest BCUT2D eigenvalue weighted by molar-refractivity contribution is 5.50. The summed E-state index contributed by atoms with van der Waals surface area (Å²) in [6.07, 6.45) is 0.819. The number of rotatable bonds is 2.